The van der Waals surface area contributed by atoms with Gasteiger partial charge in [-0.25, -0.2) is 0 Å². The average Bonchev–Trinajstić information content (AvgIpc) is 3.24. The summed E-state index contributed by atoms with van der Waals surface area (Å²) in [6.07, 6.45) is 1.61. The Labute approximate surface area is 172 Å². The zero-order chi connectivity index (χ0) is 19.9. The fraction of sp³-hybridized carbons (Fsp3) is 0.0455. The molecule has 0 fully saturated rings. The molecule has 1 aromatic heterocycles. The standard InChI is InChI=1S/C22H18N4O2S/c27-21(15-29-22-23-16-24-26(22)18-7-3-1-4-8-18)25-17-11-13-20(14-12-17)28-19-9-5-2-6-10-19/h1-14,16H,15H2,(H,25,27)/p+1. The third-order valence-corrected chi connectivity index (χ3v) is 4.97. The van der Waals surface area contributed by atoms with Crippen LogP contribution in [-0.2, 0) is 4.79 Å². The van der Waals surface area contributed by atoms with Gasteiger partial charge < -0.3 is 10.1 Å². The number of para-hydroxylation sites is 2. The van der Waals surface area contributed by atoms with E-state index in [2.05, 4.69) is 15.4 Å². The summed E-state index contributed by atoms with van der Waals surface area (Å²) >= 11 is 1.36. The molecule has 3 aromatic carbocycles. The minimum Gasteiger partial charge on any atom is -0.457 e. The lowest BCUT2D eigenvalue weighted by Crippen LogP contribution is -2.35. The van der Waals surface area contributed by atoms with Crippen LogP contribution in [0.2, 0.25) is 0 Å². The highest BCUT2D eigenvalue weighted by atomic mass is 32.2. The number of rotatable bonds is 7. The first kappa shape index (κ1) is 18.8. The van der Waals surface area contributed by atoms with Crippen molar-refractivity contribution < 1.29 is 14.2 Å². The highest BCUT2D eigenvalue weighted by Gasteiger charge is 2.18. The number of ether oxygens (including phenoxy) is 1. The van der Waals surface area contributed by atoms with E-state index in [4.69, 9.17) is 4.74 Å². The van der Waals surface area contributed by atoms with Crippen LogP contribution in [0.5, 0.6) is 11.5 Å². The third-order valence-electron chi connectivity index (χ3n) is 4.02. The highest BCUT2D eigenvalue weighted by molar-refractivity contribution is 7.99. The van der Waals surface area contributed by atoms with E-state index in [0.29, 0.717) is 11.4 Å². The summed E-state index contributed by atoms with van der Waals surface area (Å²) < 4.78 is 7.60. The van der Waals surface area contributed by atoms with Crippen molar-refractivity contribution in [2.24, 2.45) is 0 Å². The molecule has 1 heterocycles. The Bertz CT molecular complexity index is 1070. The summed E-state index contributed by atoms with van der Waals surface area (Å²) in [6, 6.07) is 26.7. The molecular weight excluding hydrogens is 384 g/mol. The zero-order valence-electron chi connectivity index (χ0n) is 15.5. The Kier molecular flexibility index (Phi) is 5.87. The molecule has 1 amide bonds. The number of nitrogens with one attached hydrogen (secondary N) is 2. The molecular formula is C22H19N4O2S+. The van der Waals surface area contributed by atoms with E-state index in [1.165, 1.54) is 11.8 Å². The lowest BCUT2D eigenvalue weighted by atomic mass is 10.3. The van der Waals surface area contributed by atoms with Gasteiger partial charge in [0.25, 0.3) is 0 Å². The number of hydrogen-bond acceptors (Lipinski definition) is 4. The smallest absolute Gasteiger partial charge is 0.385 e. The lowest BCUT2D eigenvalue weighted by Gasteiger charge is -2.07. The number of hydrogen-bond donors (Lipinski definition) is 2. The maximum Gasteiger partial charge on any atom is 0.385 e. The fourth-order valence-electron chi connectivity index (χ4n) is 2.68. The van der Waals surface area contributed by atoms with Crippen molar-refractivity contribution in [1.29, 1.82) is 0 Å². The number of carbonyl (C=O) groups excluding carboxylic acids is 1. The van der Waals surface area contributed by atoms with Crippen molar-refractivity contribution in [2.75, 3.05) is 11.1 Å². The normalized spacial score (nSPS) is 10.5. The van der Waals surface area contributed by atoms with Gasteiger partial charge in [-0.3, -0.25) is 4.79 Å². The molecule has 0 spiro atoms. The molecule has 4 aromatic rings. The Morgan fingerprint density at radius 2 is 1.59 bits per heavy atom. The van der Waals surface area contributed by atoms with Crippen LogP contribution < -0.4 is 14.7 Å². The first-order chi connectivity index (χ1) is 14.3. The number of thioether (sulfide) groups is 1. The van der Waals surface area contributed by atoms with Gasteiger partial charge in [-0.05, 0) is 65.3 Å². The molecule has 144 valence electrons. The van der Waals surface area contributed by atoms with Gasteiger partial charge in [-0.15, -0.1) is 4.68 Å². The van der Waals surface area contributed by atoms with Crippen molar-refractivity contribution in [3.8, 4) is 17.2 Å². The van der Waals surface area contributed by atoms with Gasteiger partial charge in [0, 0.05) is 5.69 Å². The Hall–Kier alpha value is -3.58. The summed E-state index contributed by atoms with van der Waals surface area (Å²) in [6.45, 7) is 0. The summed E-state index contributed by atoms with van der Waals surface area (Å²) in [5.41, 5.74) is 1.68. The Morgan fingerprint density at radius 1 is 0.931 bits per heavy atom. The molecule has 7 heteroatoms. The second-order valence-corrected chi connectivity index (χ2v) is 7.06. The van der Waals surface area contributed by atoms with Crippen LogP contribution >= 0.6 is 11.8 Å². The molecule has 0 saturated heterocycles. The summed E-state index contributed by atoms with van der Waals surface area (Å²) in [5.74, 6) is 1.63. The van der Waals surface area contributed by atoms with Gasteiger partial charge >= 0.3 is 5.16 Å². The van der Waals surface area contributed by atoms with Crippen molar-refractivity contribution in [1.82, 2.24) is 10.1 Å². The van der Waals surface area contributed by atoms with Crippen LogP contribution in [0.15, 0.2) is 96.4 Å². The SMILES string of the molecule is O=C(CSc1nc[nH][n+]1-c1ccccc1)Nc1ccc(Oc2ccccc2)cc1. The second kappa shape index (κ2) is 9.07. The van der Waals surface area contributed by atoms with Crippen molar-refractivity contribution in [3.05, 3.63) is 91.3 Å². The molecule has 0 aliphatic heterocycles. The molecule has 0 aliphatic carbocycles. The van der Waals surface area contributed by atoms with Gasteiger partial charge in [0.15, 0.2) is 5.69 Å². The van der Waals surface area contributed by atoms with Gasteiger partial charge in [0.1, 0.15) is 11.5 Å². The second-order valence-electron chi connectivity index (χ2n) is 6.12. The zero-order valence-corrected chi connectivity index (χ0v) is 16.3. The van der Waals surface area contributed by atoms with E-state index in [9.17, 15) is 4.79 Å². The maximum absolute atomic E-state index is 12.3. The highest BCUT2D eigenvalue weighted by Crippen LogP contribution is 2.23. The van der Waals surface area contributed by atoms with Crippen molar-refractivity contribution in [2.45, 2.75) is 5.16 Å². The van der Waals surface area contributed by atoms with Crippen LogP contribution in [-0.4, -0.2) is 21.7 Å². The first-order valence-electron chi connectivity index (χ1n) is 9.04. The number of nitrogens with zero attached hydrogens (tertiary/aromatic N) is 2. The fourth-order valence-corrected chi connectivity index (χ4v) is 3.42. The van der Waals surface area contributed by atoms with Gasteiger partial charge in [0.2, 0.25) is 12.2 Å². The Morgan fingerprint density at radius 3 is 2.31 bits per heavy atom. The number of H-pyrrole nitrogens is 1. The summed E-state index contributed by atoms with van der Waals surface area (Å²) in [5, 5.41) is 6.67. The van der Waals surface area contributed by atoms with E-state index in [1.807, 2.05) is 89.6 Å². The molecule has 29 heavy (non-hydrogen) atoms. The number of amides is 1. The van der Waals surface area contributed by atoms with Crippen LogP contribution in [0.4, 0.5) is 5.69 Å². The quantitative estimate of drug-likeness (QED) is 0.358. The van der Waals surface area contributed by atoms with E-state index >= 15 is 0 Å². The van der Waals surface area contributed by atoms with Crippen LogP contribution in [0.1, 0.15) is 0 Å². The van der Waals surface area contributed by atoms with E-state index in [-0.39, 0.29) is 11.7 Å². The third kappa shape index (κ3) is 5.03. The molecule has 0 atom stereocenters. The number of benzene rings is 3. The van der Waals surface area contributed by atoms with E-state index < -0.39 is 0 Å². The molecule has 2 N–H and O–H groups in total. The Balaban J connectivity index is 1.32. The number of aromatic amines is 1. The first-order valence-corrected chi connectivity index (χ1v) is 10.0. The molecule has 0 bridgehead atoms. The van der Waals surface area contributed by atoms with Crippen LogP contribution in [0.3, 0.4) is 0 Å². The van der Waals surface area contributed by atoms with Gasteiger partial charge in [-0.2, -0.15) is 5.10 Å². The molecule has 0 radical (unpaired) electrons. The molecule has 4 rings (SSSR count). The maximum atomic E-state index is 12.3. The molecule has 6 nitrogen and oxygen atoms in total. The molecule has 0 saturated carbocycles. The predicted molar refractivity (Wildman–Crippen MR) is 112 cm³/mol. The van der Waals surface area contributed by atoms with E-state index in [0.717, 1.165) is 16.6 Å². The number of anilines is 1. The minimum atomic E-state index is -0.102. The van der Waals surface area contributed by atoms with Gasteiger partial charge in [0.05, 0.1) is 5.75 Å². The van der Waals surface area contributed by atoms with Crippen molar-refractivity contribution >= 4 is 23.4 Å². The summed E-state index contributed by atoms with van der Waals surface area (Å²) in [7, 11) is 0. The topological polar surface area (TPSA) is 70.9 Å². The number of carbonyl (C=O) groups is 1. The predicted octanol–water partition coefficient (Wildman–Crippen LogP) is 4.21. The lowest BCUT2D eigenvalue weighted by molar-refractivity contribution is -0.694. The van der Waals surface area contributed by atoms with Gasteiger partial charge in [-0.1, -0.05) is 36.4 Å². The minimum absolute atomic E-state index is 0.102. The average molecular weight is 403 g/mol. The molecule has 0 unspecified atom stereocenters. The van der Waals surface area contributed by atoms with Crippen LogP contribution in [0.25, 0.3) is 5.69 Å². The van der Waals surface area contributed by atoms with E-state index in [1.54, 1.807) is 6.33 Å². The number of aromatic nitrogens is 3. The molecule has 0 aliphatic rings. The monoisotopic (exact) mass is 403 g/mol. The van der Waals surface area contributed by atoms with Crippen molar-refractivity contribution in [3.63, 3.8) is 0 Å². The largest absolute Gasteiger partial charge is 0.457 e. The summed E-state index contributed by atoms with van der Waals surface area (Å²) in [4.78, 5) is 16.6. The van der Waals surface area contributed by atoms with Crippen LogP contribution in [0, 0.1) is 0 Å².